The Morgan fingerprint density at radius 2 is 0.920 bits per heavy atom. The smallest absolute Gasteiger partial charge is 0.304 e. The minimum absolute atomic E-state index is 0.0118. The zero-order chi connectivity index (χ0) is 96.6. The Kier molecular flexibility index (Phi) is 34.5. The number of carboxylic acid groups (broad SMARTS) is 1. The van der Waals surface area contributed by atoms with Gasteiger partial charge in [0.15, 0.2) is 69.7 Å². The van der Waals surface area contributed by atoms with E-state index in [9.17, 15) is 62.6 Å². The van der Waals surface area contributed by atoms with Crippen LogP contribution in [0.2, 0.25) is 10.0 Å². The molecule has 10 aliphatic heterocycles. The van der Waals surface area contributed by atoms with Gasteiger partial charge in [0.1, 0.15) is 11.9 Å². The van der Waals surface area contributed by atoms with Crippen molar-refractivity contribution in [1.82, 2.24) is 0 Å². The monoisotopic (exact) mass is 2030 g/mol. The quantitative estimate of drug-likeness (QED) is 0.0888. The average Bonchev–Trinajstić information content (AvgIpc) is 1.13. The minimum atomic E-state index is -0.872. The molecular formula is C108H90Cl2O18S9. The van der Waals surface area contributed by atoms with E-state index in [-0.39, 0.29) is 81.7 Å². The van der Waals surface area contributed by atoms with Crippen LogP contribution in [-0.4, -0.2) is 156 Å². The number of carbonyl (C=O) groups is 12. The highest BCUT2D eigenvalue weighted by Crippen LogP contribution is 2.47. The standard InChI is InChI=1S/C17H14O3S.3C13H10OS.C11H9ClO3S.C11H11ClOS.C11H10O3S.C10H8O3S.C9H8O2S/c1-20-12-7-8-13-15(9-12)21-10-14(17(13)19)16(18)11-5-3-2-4-6-11;14-12-5-6-15-13-8-10-4-2-1-3-9(10)7-11(12)13;14-11-7-8-15-12-6-5-9-3-1-2-4-10(9)13(11)12;14-12-7-8-15-13-10-4-2-1-3-9(10)5-6-11(12)13;12-6-1-2-10-8(3-6)9(13)4-7(16-10)5-11(14)15;1-11(2)6-9(13)8-5-7(12)3-4-10(8)14-11;1-7(12)14-9-6-15-10-5-3-2-4-8(10)11(9)13;11-7-1-2-14-10-4-9-8(3-6(7)10)12-5-13-9;10-7-5-12-8-4-2-1-3-6(8)9(7)11/h2-9,14H,10H2,1H3;1-4,7-8H,5-6H2;2*1-6H,7-8H2;1-3,7H,4-5H2,(H,14,15);3-5H,6H2,1-2H3;2-5,9H,6H2,1H3;3-4H,1-2,5H2;1-4,7,10H,5H2. The first-order valence-electron chi connectivity index (χ1n) is 43.8. The van der Waals surface area contributed by atoms with E-state index in [1.807, 2.05) is 140 Å². The molecule has 0 aromatic heterocycles. The van der Waals surface area contributed by atoms with E-state index in [4.69, 9.17) is 47.3 Å². The molecule has 4 unspecified atom stereocenters. The lowest BCUT2D eigenvalue weighted by Crippen LogP contribution is -2.32. The number of aliphatic hydroxyl groups is 1. The summed E-state index contributed by atoms with van der Waals surface area (Å²) >= 11 is 26.5. The summed E-state index contributed by atoms with van der Waals surface area (Å²) in [6, 6.07) is 80.3. The lowest BCUT2D eigenvalue weighted by atomic mass is 9.91. The zero-order valence-electron chi connectivity index (χ0n) is 74.5. The molecule has 0 saturated heterocycles. The number of fused-ring (bicyclic) bond motifs is 15. The zero-order valence-corrected chi connectivity index (χ0v) is 83.4. The Balaban J connectivity index is 0.000000117. The molecule has 0 spiro atoms. The molecular weight excluding hydrogens is 1940 g/mol. The Labute approximate surface area is 840 Å². The molecule has 0 amide bonds. The number of hydrogen-bond acceptors (Lipinski definition) is 26. The summed E-state index contributed by atoms with van der Waals surface area (Å²) in [6.07, 6.45) is 2.08. The number of ether oxygens (including phenoxy) is 4. The third-order valence-corrected chi connectivity index (χ3v) is 33.5. The Hall–Kier alpha value is -10.6. The van der Waals surface area contributed by atoms with Crippen molar-refractivity contribution in [3.05, 3.63) is 320 Å². The van der Waals surface area contributed by atoms with E-state index < -0.39 is 30.1 Å². The van der Waals surface area contributed by atoms with Crippen LogP contribution in [0.3, 0.4) is 0 Å². The number of halogens is 2. The van der Waals surface area contributed by atoms with Crippen LogP contribution in [-0.2, 0) is 14.3 Å². The van der Waals surface area contributed by atoms with Gasteiger partial charge in [0.05, 0.1) is 19.4 Å². The summed E-state index contributed by atoms with van der Waals surface area (Å²) in [5.74, 6) is 6.19. The van der Waals surface area contributed by atoms with Crippen LogP contribution in [0.1, 0.15) is 169 Å². The van der Waals surface area contributed by atoms with Crippen LogP contribution in [0.15, 0.2) is 299 Å². The van der Waals surface area contributed by atoms with Crippen molar-refractivity contribution in [2.24, 2.45) is 5.92 Å². The largest absolute Gasteiger partial charge is 0.497 e. The fourth-order valence-corrected chi connectivity index (χ4v) is 26.4. The van der Waals surface area contributed by atoms with Gasteiger partial charge in [-0.25, -0.2) is 0 Å². The third-order valence-electron chi connectivity index (χ3n) is 22.7. The molecule has 698 valence electrons. The maximum absolute atomic E-state index is 12.6. The van der Waals surface area contributed by atoms with Crippen molar-refractivity contribution in [3.63, 3.8) is 0 Å². The van der Waals surface area contributed by atoms with Crippen LogP contribution >= 0.6 is 129 Å². The van der Waals surface area contributed by atoms with Gasteiger partial charge in [0, 0.05) is 205 Å². The fourth-order valence-electron chi connectivity index (χ4n) is 16.0. The second kappa shape index (κ2) is 46.9. The van der Waals surface area contributed by atoms with Crippen LogP contribution < -0.4 is 14.2 Å². The number of esters is 1. The summed E-state index contributed by atoms with van der Waals surface area (Å²) in [4.78, 5) is 149. The number of benzene rings is 13. The minimum Gasteiger partial charge on any atom is -0.497 e. The average molecular weight is 2040 g/mol. The molecule has 18 nitrogen and oxygen atoms in total. The van der Waals surface area contributed by atoms with Gasteiger partial charge in [-0.1, -0.05) is 175 Å². The van der Waals surface area contributed by atoms with Gasteiger partial charge in [0.25, 0.3) is 0 Å². The molecule has 0 radical (unpaired) electrons. The first-order chi connectivity index (χ1) is 66.1. The summed E-state index contributed by atoms with van der Waals surface area (Å²) < 4.78 is 20.6. The number of Topliss-reactive ketones (excluding diaryl/α,β-unsaturated/α-hetero) is 10. The maximum atomic E-state index is 12.6. The predicted octanol–water partition coefficient (Wildman–Crippen LogP) is 26.0. The number of carboxylic acids is 1. The molecule has 4 atom stereocenters. The van der Waals surface area contributed by atoms with Crippen molar-refractivity contribution in [2.45, 2.75) is 132 Å². The number of ketones is 10. The van der Waals surface area contributed by atoms with Crippen LogP contribution in [0.4, 0.5) is 0 Å². The van der Waals surface area contributed by atoms with Crippen molar-refractivity contribution in [1.29, 1.82) is 0 Å². The van der Waals surface area contributed by atoms with Gasteiger partial charge in [-0.05, 0) is 149 Å². The molecule has 23 rings (SSSR count). The molecule has 2 N–H and O–H groups in total. The summed E-state index contributed by atoms with van der Waals surface area (Å²) in [7, 11) is 1.60. The van der Waals surface area contributed by atoms with E-state index in [1.165, 1.54) is 63.3 Å². The molecule has 10 aliphatic rings. The Morgan fingerprint density at radius 3 is 1.58 bits per heavy atom. The fraction of sp³-hybridized carbons (Fsp3) is 0.222. The number of aliphatic hydroxyl groups excluding tert-OH is 1. The number of methoxy groups -OCH3 is 1. The van der Waals surface area contributed by atoms with E-state index in [0.29, 0.717) is 98.8 Å². The summed E-state index contributed by atoms with van der Waals surface area (Å²) in [5, 5.41) is 26.0. The SMILES string of the molecule is CC(=O)OC1CSc2ccccc2C1=O.CC1(C)CC(=O)c2cc(Cl)ccc2S1.COc1ccc2c(c1)SCC(C(=O)c1ccccc1)C2=O.O=C(O)CC1CC(=O)c2cc(Cl)ccc2S1.O=C1CCSc2c1ccc1ccccc21.O=C1CCSc2cc3c(cc21)OCO3.O=C1CCSc2cc3ccccc3cc21.O=C1CCSc2ccc3ccccc3c21.O=C1c2ccccc2SCC1O. The molecule has 29 heteroatoms. The van der Waals surface area contributed by atoms with Crippen LogP contribution in [0.25, 0.3) is 32.3 Å². The first-order valence-corrected chi connectivity index (χ1v) is 53.2. The lowest BCUT2D eigenvalue weighted by Gasteiger charge is -2.29. The van der Waals surface area contributed by atoms with E-state index in [2.05, 4.69) is 62.4 Å². The van der Waals surface area contributed by atoms with E-state index >= 15 is 0 Å². The number of thioether (sulfide) groups is 9. The normalized spacial score (nSPS) is 17.8. The van der Waals surface area contributed by atoms with Gasteiger partial charge in [-0.2, -0.15) is 0 Å². The predicted molar refractivity (Wildman–Crippen MR) is 553 cm³/mol. The summed E-state index contributed by atoms with van der Waals surface area (Å²) in [5.41, 5.74) is 7.43. The molecule has 13 aromatic carbocycles. The number of aliphatic carboxylic acids is 1. The van der Waals surface area contributed by atoms with Gasteiger partial charge < -0.3 is 29.2 Å². The van der Waals surface area contributed by atoms with Crippen molar-refractivity contribution in [2.75, 3.05) is 54.2 Å². The maximum Gasteiger partial charge on any atom is 0.304 e. The highest BCUT2D eigenvalue weighted by Gasteiger charge is 2.37. The van der Waals surface area contributed by atoms with Gasteiger partial charge in [-0.15, -0.1) is 106 Å². The molecule has 0 aliphatic carbocycles. The first kappa shape index (κ1) is 101. The highest BCUT2D eigenvalue weighted by molar-refractivity contribution is 8.01. The number of hydrogen-bond donors (Lipinski definition) is 2. The summed E-state index contributed by atoms with van der Waals surface area (Å²) in [6.45, 7) is 5.76. The second-order valence-corrected chi connectivity index (χ2v) is 44.5. The van der Waals surface area contributed by atoms with Gasteiger partial charge >= 0.3 is 11.9 Å². The third kappa shape index (κ3) is 25.3. The number of carbonyl (C=O) groups excluding carboxylic acids is 11. The second-order valence-electron chi connectivity index (χ2n) is 32.8. The van der Waals surface area contributed by atoms with Gasteiger partial charge in [-0.3, -0.25) is 57.5 Å². The van der Waals surface area contributed by atoms with Crippen LogP contribution in [0.5, 0.6) is 17.2 Å². The molecule has 0 saturated carbocycles. The van der Waals surface area contributed by atoms with Crippen molar-refractivity contribution in [3.8, 4) is 17.2 Å². The molecule has 137 heavy (non-hydrogen) atoms. The Bertz CT molecular complexity index is 6880. The topological polar surface area (TPSA) is 282 Å². The molecule has 10 heterocycles. The molecule has 13 aromatic rings. The van der Waals surface area contributed by atoms with Gasteiger partial charge in [0.2, 0.25) is 12.6 Å². The van der Waals surface area contributed by atoms with E-state index in [0.717, 1.165) is 118 Å². The van der Waals surface area contributed by atoms with E-state index in [1.54, 1.807) is 144 Å². The van der Waals surface area contributed by atoms with Crippen molar-refractivity contribution < 1.29 is 86.7 Å². The highest BCUT2D eigenvalue weighted by atomic mass is 35.5. The molecule has 0 bridgehead atoms. The number of rotatable bonds is 6. The lowest BCUT2D eigenvalue weighted by molar-refractivity contribution is -0.143. The Morgan fingerprint density at radius 1 is 0.423 bits per heavy atom. The van der Waals surface area contributed by atoms with Crippen molar-refractivity contribution >= 4 is 231 Å². The molecule has 0 fully saturated rings. The van der Waals surface area contributed by atoms with Crippen LogP contribution in [0, 0.1) is 5.92 Å².